The molecule has 0 aromatic heterocycles. The molecule has 0 radical (unpaired) electrons. The normalized spacial score (nSPS) is 16.1. The maximum absolute atomic E-state index is 12.7. The van der Waals surface area contributed by atoms with Crippen molar-refractivity contribution in [1.29, 1.82) is 0 Å². The lowest BCUT2D eigenvalue weighted by atomic mass is 9.97. The largest absolute Gasteiger partial charge is 0.379 e. The molecule has 7 nitrogen and oxygen atoms in total. The van der Waals surface area contributed by atoms with E-state index in [0.717, 1.165) is 42.1 Å². The second-order valence-electron chi connectivity index (χ2n) is 8.27. The van der Waals surface area contributed by atoms with Crippen LogP contribution >= 0.6 is 0 Å². The number of anilines is 3. The van der Waals surface area contributed by atoms with E-state index in [1.165, 1.54) is 0 Å². The summed E-state index contributed by atoms with van der Waals surface area (Å²) < 4.78 is 5.31. The second-order valence-corrected chi connectivity index (χ2v) is 8.27. The number of nitrogens with one attached hydrogen (secondary N) is 3. The first-order valence-electron chi connectivity index (χ1n) is 11.3. The number of benzene rings is 2. The van der Waals surface area contributed by atoms with Crippen LogP contribution in [-0.2, 0) is 14.3 Å². The Morgan fingerprint density at radius 3 is 2.31 bits per heavy atom. The first-order valence-corrected chi connectivity index (χ1v) is 11.3. The summed E-state index contributed by atoms with van der Waals surface area (Å²) in [4.78, 5) is 27.1. The summed E-state index contributed by atoms with van der Waals surface area (Å²) >= 11 is 0. The third-order valence-corrected chi connectivity index (χ3v) is 5.78. The van der Waals surface area contributed by atoms with E-state index in [0.29, 0.717) is 25.7 Å². The van der Waals surface area contributed by atoms with E-state index in [1.807, 2.05) is 49.4 Å². The maximum atomic E-state index is 12.7. The van der Waals surface area contributed by atoms with Gasteiger partial charge in [-0.15, -0.1) is 0 Å². The molecular weight excluding hydrogens is 404 g/mol. The van der Waals surface area contributed by atoms with Crippen LogP contribution in [0.5, 0.6) is 0 Å². The van der Waals surface area contributed by atoms with Crippen molar-refractivity contribution < 1.29 is 14.3 Å². The first kappa shape index (κ1) is 23.8. The second kappa shape index (κ2) is 11.6. The lowest BCUT2D eigenvalue weighted by Gasteiger charge is -2.25. The number of nitrogens with zero attached hydrogens (tertiary/aromatic N) is 1. The number of carbonyl (C=O) groups is 2. The number of hydrogen-bond acceptors (Lipinski definition) is 5. The topological polar surface area (TPSA) is 82.7 Å². The van der Waals surface area contributed by atoms with Crippen LogP contribution in [0.2, 0.25) is 0 Å². The molecule has 172 valence electrons. The average molecular weight is 439 g/mol. The molecule has 1 aliphatic rings. The Kier molecular flexibility index (Phi) is 8.64. The summed E-state index contributed by atoms with van der Waals surface area (Å²) in [5.41, 5.74) is 3.55. The highest BCUT2D eigenvalue weighted by Gasteiger charge is 2.17. The van der Waals surface area contributed by atoms with E-state index in [9.17, 15) is 9.59 Å². The van der Waals surface area contributed by atoms with Crippen LogP contribution in [-0.4, -0.2) is 55.6 Å². The lowest BCUT2D eigenvalue weighted by Crippen LogP contribution is -2.41. The van der Waals surface area contributed by atoms with Crippen molar-refractivity contribution in [2.45, 2.75) is 39.2 Å². The molecule has 32 heavy (non-hydrogen) atoms. The molecule has 3 rings (SSSR count). The number of ether oxygens (including phenoxy) is 1. The maximum Gasteiger partial charge on any atom is 0.246 e. The lowest BCUT2D eigenvalue weighted by molar-refractivity contribution is -0.118. The van der Waals surface area contributed by atoms with Gasteiger partial charge >= 0.3 is 0 Å². The van der Waals surface area contributed by atoms with Crippen molar-refractivity contribution in [3.63, 3.8) is 0 Å². The minimum Gasteiger partial charge on any atom is -0.379 e. The highest BCUT2D eigenvalue weighted by molar-refractivity contribution is 5.97. The molecule has 0 spiro atoms. The highest BCUT2D eigenvalue weighted by atomic mass is 16.5. The number of amides is 2. The monoisotopic (exact) mass is 438 g/mol. The Hall–Kier alpha value is -2.90. The predicted octanol–water partition coefficient (Wildman–Crippen LogP) is 3.91. The molecule has 0 bridgehead atoms. The number of morpholine rings is 1. The predicted molar refractivity (Wildman–Crippen MR) is 129 cm³/mol. The van der Waals surface area contributed by atoms with Crippen molar-refractivity contribution in [2.24, 2.45) is 0 Å². The van der Waals surface area contributed by atoms with Gasteiger partial charge in [0, 0.05) is 30.2 Å². The molecule has 2 amide bonds. The van der Waals surface area contributed by atoms with Gasteiger partial charge in [-0.05, 0) is 55.2 Å². The minimum absolute atomic E-state index is 0.0414. The van der Waals surface area contributed by atoms with Gasteiger partial charge in [0.05, 0.1) is 19.8 Å². The molecule has 0 saturated carbocycles. The summed E-state index contributed by atoms with van der Waals surface area (Å²) in [6.45, 7) is 9.38. The molecule has 0 unspecified atom stereocenters. The number of carbonyl (C=O) groups excluding carboxylic acids is 2. The summed E-state index contributed by atoms with van der Waals surface area (Å²) in [6.07, 6.45) is 1.01. The molecule has 0 aliphatic carbocycles. The van der Waals surface area contributed by atoms with Crippen LogP contribution in [0, 0.1) is 0 Å². The third kappa shape index (κ3) is 6.80. The Morgan fingerprint density at radius 2 is 1.62 bits per heavy atom. The fourth-order valence-electron chi connectivity index (χ4n) is 3.63. The van der Waals surface area contributed by atoms with Crippen LogP contribution in [0.4, 0.5) is 17.1 Å². The Bertz CT molecular complexity index is 894. The van der Waals surface area contributed by atoms with Gasteiger partial charge < -0.3 is 20.7 Å². The van der Waals surface area contributed by atoms with Gasteiger partial charge in [-0.3, -0.25) is 14.5 Å². The molecule has 3 N–H and O–H groups in total. The number of rotatable bonds is 9. The SMILES string of the molecule is CC[C@H](C)c1ccccc1NC(=O)[C@H](C)Nc1ccc(NC(=O)CN2CCOCC2)cc1. The van der Waals surface area contributed by atoms with E-state index in [2.05, 4.69) is 40.8 Å². The smallest absolute Gasteiger partial charge is 0.246 e. The van der Waals surface area contributed by atoms with Crippen molar-refractivity contribution in [2.75, 3.05) is 48.8 Å². The molecule has 2 atom stereocenters. The van der Waals surface area contributed by atoms with Crippen molar-refractivity contribution in [3.8, 4) is 0 Å². The molecule has 1 saturated heterocycles. The molecule has 1 aliphatic heterocycles. The van der Waals surface area contributed by atoms with Gasteiger partial charge in [-0.1, -0.05) is 32.0 Å². The fraction of sp³-hybridized carbons (Fsp3) is 0.440. The Labute approximate surface area is 190 Å². The van der Waals surface area contributed by atoms with Gasteiger partial charge in [-0.2, -0.15) is 0 Å². The van der Waals surface area contributed by atoms with Gasteiger partial charge in [0.1, 0.15) is 6.04 Å². The molecule has 1 fully saturated rings. The zero-order valence-corrected chi connectivity index (χ0v) is 19.2. The molecule has 1 heterocycles. The van der Waals surface area contributed by atoms with E-state index in [-0.39, 0.29) is 11.8 Å². The van der Waals surface area contributed by atoms with E-state index in [1.54, 1.807) is 0 Å². The average Bonchev–Trinajstić information content (AvgIpc) is 2.80. The first-order chi connectivity index (χ1) is 15.5. The Balaban J connectivity index is 1.51. The van der Waals surface area contributed by atoms with Crippen molar-refractivity contribution >= 4 is 28.9 Å². The summed E-state index contributed by atoms with van der Waals surface area (Å²) in [5.74, 6) is 0.240. The van der Waals surface area contributed by atoms with Gasteiger partial charge in [0.2, 0.25) is 11.8 Å². The van der Waals surface area contributed by atoms with Gasteiger partial charge in [-0.25, -0.2) is 0 Å². The van der Waals surface area contributed by atoms with Crippen molar-refractivity contribution in [3.05, 3.63) is 54.1 Å². The molecule has 2 aromatic rings. The Morgan fingerprint density at radius 1 is 0.969 bits per heavy atom. The highest BCUT2D eigenvalue weighted by Crippen LogP contribution is 2.26. The van der Waals surface area contributed by atoms with Crippen LogP contribution in [0.1, 0.15) is 38.7 Å². The van der Waals surface area contributed by atoms with E-state index >= 15 is 0 Å². The fourth-order valence-corrected chi connectivity index (χ4v) is 3.63. The number of hydrogen-bond donors (Lipinski definition) is 3. The standard InChI is InChI=1S/C25H34N4O3/c1-4-18(2)22-7-5-6-8-23(22)28-25(31)19(3)26-20-9-11-21(12-10-20)27-24(30)17-29-13-15-32-16-14-29/h5-12,18-19,26H,4,13-17H2,1-3H3,(H,27,30)(H,28,31)/t18-,19-/m0/s1. The van der Waals surface area contributed by atoms with Crippen molar-refractivity contribution in [1.82, 2.24) is 4.90 Å². The number of para-hydroxylation sites is 1. The van der Waals surface area contributed by atoms with Crippen LogP contribution < -0.4 is 16.0 Å². The minimum atomic E-state index is -0.415. The van der Waals surface area contributed by atoms with E-state index < -0.39 is 6.04 Å². The van der Waals surface area contributed by atoms with Crippen LogP contribution in [0.15, 0.2) is 48.5 Å². The van der Waals surface area contributed by atoms with Gasteiger partial charge in [0.15, 0.2) is 0 Å². The van der Waals surface area contributed by atoms with Crippen LogP contribution in [0.3, 0.4) is 0 Å². The summed E-state index contributed by atoms with van der Waals surface area (Å²) in [7, 11) is 0. The van der Waals surface area contributed by atoms with Gasteiger partial charge in [0.25, 0.3) is 0 Å². The van der Waals surface area contributed by atoms with Crippen LogP contribution in [0.25, 0.3) is 0 Å². The molecule has 7 heteroatoms. The summed E-state index contributed by atoms with van der Waals surface area (Å²) in [6, 6.07) is 14.9. The molecular formula is C25H34N4O3. The summed E-state index contributed by atoms with van der Waals surface area (Å²) in [5, 5.41) is 9.19. The third-order valence-electron chi connectivity index (χ3n) is 5.78. The zero-order valence-electron chi connectivity index (χ0n) is 19.2. The van der Waals surface area contributed by atoms with E-state index in [4.69, 9.17) is 4.74 Å². The molecule has 2 aromatic carbocycles. The zero-order chi connectivity index (χ0) is 22.9. The quantitative estimate of drug-likeness (QED) is 0.553.